The lowest BCUT2D eigenvalue weighted by atomic mass is 9.77. The van der Waals surface area contributed by atoms with Crippen molar-refractivity contribution in [1.29, 1.82) is 0 Å². The lowest BCUT2D eigenvalue weighted by molar-refractivity contribution is -0.126. The number of hydrogen-bond donors (Lipinski definition) is 3. The van der Waals surface area contributed by atoms with E-state index in [1.807, 2.05) is 6.92 Å². The molecule has 1 fully saturated rings. The summed E-state index contributed by atoms with van der Waals surface area (Å²) >= 11 is 6.09. The smallest absolute Gasteiger partial charge is 0.248 e. The Kier molecular flexibility index (Phi) is 4.85. The van der Waals surface area contributed by atoms with Gasteiger partial charge in [-0.05, 0) is 44.0 Å². The third-order valence-electron chi connectivity index (χ3n) is 4.13. The van der Waals surface area contributed by atoms with Crippen molar-refractivity contribution in [3.63, 3.8) is 0 Å². The molecule has 0 saturated carbocycles. The molecule has 1 aromatic rings. The molecule has 0 spiro atoms. The largest absolute Gasteiger partial charge is 0.366 e. The summed E-state index contributed by atoms with van der Waals surface area (Å²) in [6.45, 7) is 3.60. The molecule has 1 saturated heterocycles. The molecule has 1 heterocycles. The Morgan fingerprint density at radius 2 is 2.24 bits per heavy atom. The van der Waals surface area contributed by atoms with E-state index in [0.29, 0.717) is 22.8 Å². The van der Waals surface area contributed by atoms with Crippen LogP contribution >= 0.6 is 11.6 Å². The monoisotopic (exact) mass is 309 g/mol. The first-order chi connectivity index (χ1) is 9.98. The number of amides is 2. The second-order valence-corrected chi connectivity index (χ2v) is 5.83. The van der Waals surface area contributed by atoms with Crippen LogP contribution in [0.2, 0.25) is 5.02 Å². The highest BCUT2D eigenvalue weighted by molar-refractivity contribution is 6.34. The number of carbonyl (C=O) groups is 2. The predicted molar refractivity (Wildman–Crippen MR) is 83.4 cm³/mol. The number of benzene rings is 1. The van der Waals surface area contributed by atoms with Gasteiger partial charge in [-0.3, -0.25) is 9.59 Å². The number of primary amides is 1. The van der Waals surface area contributed by atoms with Crippen LogP contribution in [0, 0.1) is 5.41 Å². The van der Waals surface area contributed by atoms with Crippen LogP contribution in [0.1, 0.15) is 36.5 Å². The maximum Gasteiger partial charge on any atom is 0.248 e. The molecule has 0 aromatic heterocycles. The molecule has 1 aromatic carbocycles. The first-order valence-electron chi connectivity index (χ1n) is 7.10. The van der Waals surface area contributed by atoms with Crippen LogP contribution in [0.3, 0.4) is 0 Å². The van der Waals surface area contributed by atoms with Gasteiger partial charge < -0.3 is 16.4 Å². The molecule has 1 unspecified atom stereocenters. The van der Waals surface area contributed by atoms with E-state index in [1.165, 1.54) is 12.1 Å². The third-order valence-corrected chi connectivity index (χ3v) is 4.46. The fourth-order valence-electron chi connectivity index (χ4n) is 2.65. The van der Waals surface area contributed by atoms with Gasteiger partial charge in [-0.15, -0.1) is 0 Å². The fourth-order valence-corrected chi connectivity index (χ4v) is 2.82. The molecule has 1 aliphatic heterocycles. The van der Waals surface area contributed by atoms with Gasteiger partial charge in [0.05, 0.1) is 16.1 Å². The van der Waals surface area contributed by atoms with Gasteiger partial charge in [-0.25, -0.2) is 0 Å². The van der Waals surface area contributed by atoms with Crippen molar-refractivity contribution in [2.75, 3.05) is 18.4 Å². The highest BCUT2D eigenvalue weighted by Gasteiger charge is 2.38. The van der Waals surface area contributed by atoms with Gasteiger partial charge in [0, 0.05) is 12.1 Å². The molecule has 21 heavy (non-hydrogen) atoms. The van der Waals surface area contributed by atoms with Gasteiger partial charge >= 0.3 is 0 Å². The molecule has 6 heteroatoms. The Bertz CT molecular complexity index is 554. The zero-order valence-electron chi connectivity index (χ0n) is 12.0. The van der Waals surface area contributed by atoms with Gasteiger partial charge in [0.2, 0.25) is 11.8 Å². The van der Waals surface area contributed by atoms with Crippen LogP contribution in [0.25, 0.3) is 0 Å². The number of nitrogens with one attached hydrogen (secondary N) is 2. The number of carbonyl (C=O) groups excluding carboxylic acids is 2. The van der Waals surface area contributed by atoms with E-state index in [4.69, 9.17) is 17.3 Å². The second kappa shape index (κ2) is 6.45. The van der Waals surface area contributed by atoms with Gasteiger partial charge in [0.15, 0.2) is 0 Å². The van der Waals surface area contributed by atoms with Crippen LogP contribution in [0.15, 0.2) is 18.2 Å². The van der Waals surface area contributed by atoms with Crippen molar-refractivity contribution in [3.05, 3.63) is 28.8 Å². The number of anilines is 1. The zero-order valence-corrected chi connectivity index (χ0v) is 12.8. The zero-order chi connectivity index (χ0) is 15.5. The average Bonchev–Trinajstić information content (AvgIpc) is 2.49. The summed E-state index contributed by atoms with van der Waals surface area (Å²) in [5, 5.41) is 6.51. The van der Waals surface area contributed by atoms with Crippen LogP contribution < -0.4 is 16.4 Å². The first kappa shape index (κ1) is 15.8. The summed E-state index contributed by atoms with van der Waals surface area (Å²) in [5.74, 6) is -0.618. The SMILES string of the molecule is CCC1(C(=O)Nc2cc(C(N)=O)ccc2Cl)CCCNC1. The molecule has 2 amide bonds. The number of nitrogens with two attached hydrogens (primary N) is 1. The molecule has 5 nitrogen and oxygen atoms in total. The molecule has 0 radical (unpaired) electrons. The molecular weight excluding hydrogens is 290 g/mol. The lowest BCUT2D eigenvalue weighted by Gasteiger charge is -2.35. The van der Waals surface area contributed by atoms with Crippen molar-refractivity contribution in [2.45, 2.75) is 26.2 Å². The van der Waals surface area contributed by atoms with Crippen molar-refractivity contribution >= 4 is 29.1 Å². The van der Waals surface area contributed by atoms with Gasteiger partial charge in [0.25, 0.3) is 0 Å². The highest BCUT2D eigenvalue weighted by Crippen LogP contribution is 2.33. The minimum absolute atomic E-state index is 0.0688. The quantitative estimate of drug-likeness (QED) is 0.797. The fraction of sp³-hybridized carbons (Fsp3) is 0.467. The van der Waals surface area contributed by atoms with Crippen LogP contribution in [-0.2, 0) is 4.79 Å². The van der Waals surface area contributed by atoms with Crippen LogP contribution in [-0.4, -0.2) is 24.9 Å². The van der Waals surface area contributed by atoms with E-state index >= 15 is 0 Å². The number of hydrogen-bond acceptors (Lipinski definition) is 3. The molecule has 4 N–H and O–H groups in total. The van der Waals surface area contributed by atoms with Gasteiger partial charge in [0.1, 0.15) is 0 Å². The summed E-state index contributed by atoms with van der Waals surface area (Å²) < 4.78 is 0. The molecule has 1 atom stereocenters. The van der Waals surface area contributed by atoms with Crippen molar-refractivity contribution in [1.82, 2.24) is 5.32 Å². The first-order valence-corrected chi connectivity index (χ1v) is 7.48. The summed E-state index contributed by atoms with van der Waals surface area (Å²) in [5.41, 5.74) is 5.58. The third kappa shape index (κ3) is 3.36. The number of piperidine rings is 1. The van der Waals surface area contributed by atoms with Gasteiger partial charge in [-0.2, -0.15) is 0 Å². The number of halogens is 1. The van der Waals surface area contributed by atoms with E-state index in [1.54, 1.807) is 6.07 Å². The Morgan fingerprint density at radius 3 is 2.81 bits per heavy atom. The predicted octanol–water partition coefficient (Wildman–Crippen LogP) is 2.16. The van der Waals surface area contributed by atoms with E-state index in [-0.39, 0.29) is 5.91 Å². The maximum absolute atomic E-state index is 12.6. The Labute approximate surface area is 129 Å². The molecule has 0 bridgehead atoms. The Hall–Kier alpha value is -1.59. The average molecular weight is 310 g/mol. The number of rotatable bonds is 4. The van der Waals surface area contributed by atoms with Crippen LogP contribution in [0.4, 0.5) is 5.69 Å². The summed E-state index contributed by atoms with van der Waals surface area (Å²) in [7, 11) is 0. The van der Waals surface area contributed by atoms with E-state index in [9.17, 15) is 9.59 Å². The molecule has 0 aliphatic carbocycles. The second-order valence-electron chi connectivity index (χ2n) is 5.43. The molecule has 2 rings (SSSR count). The topological polar surface area (TPSA) is 84.2 Å². The van der Waals surface area contributed by atoms with Gasteiger partial charge in [-0.1, -0.05) is 18.5 Å². The molecule has 1 aliphatic rings. The maximum atomic E-state index is 12.6. The normalized spacial score (nSPS) is 21.8. The summed E-state index contributed by atoms with van der Waals surface area (Å²) in [6.07, 6.45) is 2.56. The van der Waals surface area contributed by atoms with Crippen molar-refractivity contribution < 1.29 is 9.59 Å². The van der Waals surface area contributed by atoms with Crippen molar-refractivity contribution in [3.8, 4) is 0 Å². The Balaban J connectivity index is 2.22. The molecule has 114 valence electrons. The van der Waals surface area contributed by atoms with Crippen molar-refractivity contribution in [2.24, 2.45) is 11.1 Å². The Morgan fingerprint density at radius 1 is 1.48 bits per heavy atom. The summed E-state index contributed by atoms with van der Waals surface area (Å²) in [6, 6.07) is 4.62. The highest BCUT2D eigenvalue weighted by atomic mass is 35.5. The molecular formula is C15H20ClN3O2. The van der Waals surface area contributed by atoms with E-state index < -0.39 is 11.3 Å². The standard InChI is InChI=1S/C15H20ClN3O2/c1-2-15(6-3-7-18-9-15)14(21)19-12-8-10(13(17)20)4-5-11(12)16/h4-5,8,18H,2-3,6-7,9H2,1H3,(H2,17,20)(H,19,21). The lowest BCUT2D eigenvalue weighted by Crippen LogP contribution is -2.47. The minimum Gasteiger partial charge on any atom is -0.366 e. The van der Waals surface area contributed by atoms with E-state index in [2.05, 4.69) is 10.6 Å². The minimum atomic E-state index is -0.549. The summed E-state index contributed by atoms with van der Waals surface area (Å²) in [4.78, 5) is 23.9. The van der Waals surface area contributed by atoms with Crippen LogP contribution in [0.5, 0.6) is 0 Å². The van der Waals surface area contributed by atoms with E-state index in [0.717, 1.165) is 25.8 Å².